The molecule has 2 fully saturated rings. The molecule has 4 atom stereocenters. The van der Waals surface area contributed by atoms with Crippen LogP contribution in [0.3, 0.4) is 0 Å². The molecule has 188 valence electrons. The molecule has 2 saturated heterocycles. The number of likely N-dealkylation sites (tertiary alicyclic amines) is 2. The third-order valence-electron chi connectivity index (χ3n) is 7.51. The molecule has 0 saturated carbocycles. The van der Waals surface area contributed by atoms with E-state index in [0.717, 1.165) is 6.42 Å². The lowest BCUT2D eigenvalue weighted by molar-refractivity contribution is -0.375. The van der Waals surface area contributed by atoms with Crippen molar-refractivity contribution < 1.29 is 29.3 Å². The minimum absolute atomic E-state index is 0.0558. The Morgan fingerprint density at radius 3 is 1.74 bits per heavy atom. The molecule has 4 unspecified atom stereocenters. The molecule has 2 aliphatic rings. The number of methoxy groups -OCH3 is 2. The molecule has 35 heavy (non-hydrogen) atoms. The number of ether oxygens (including phenoxy) is 2. The maximum atomic E-state index is 13.7. The topological polar surface area (TPSA) is 125 Å². The highest BCUT2D eigenvalue weighted by molar-refractivity contribution is 5.87. The lowest BCUT2D eigenvalue weighted by Crippen LogP contribution is -2.83. The summed E-state index contributed by atoms with van der Waals surface area (Å²) >= 11 is 0. The van der Waals surface area contributed by atoms with Crippen LogP contribution in [0.2, 0.25) is 0 Å². The van der Waals surface area contributed by atoms with Gasteiger partial charge in [-0.2, -0.15) is 0 Å². The van der Waals surface area contributed by atoms with Gasteiger partial charge in [0.1, 0.15) is 0 Å². The summed E-state index contributed by atoms with van der Waals surface area (Å²) in [5, 5.41) is 24.3. The van der Waals surface area contributed by atoms with Crippen LogP contribution in [0.5, 0.6) is 0 Å². The van der Waals surface area contributed by atoms with E-state index in [1.165, 1.54) is 14.2 Å². The monoisotopic (exact) mass is 484 g/mol. The van der Waals surface area contributed by atoms with Gasteiger partial charge in [-0.15, -0.1) is 0 Å². The smallest absolute Gasteiger partial charge is 0.320 e. The van der Waals surface area contributed by atoms with Gasteiger partial charge >= 0.3 is 11.9 Å². The minimum atomic E-state index is -2.87. The van der Waals surface area contributed by atoms with Gasteiger partial charge in [0.2, 0.25) is 5.79 Å². The van der Waals surface area contributed by atoms with Crippen LogP contribution in [0.1, 0.15) is 36.8 Å². The van der Waals surface area contributed by atoms with Crippen molar-refractivity contribution in [2.45, 2.75) is 31.2 Å². The maximum Gasteiger partial charge on any atom is 0.320 e. The van der Waals surface area contributed by atoms with E-state index in [2.05, 4.69) is 9.97 Å². The predicted molar refractivity (Wildman–Crippen MR) is 125 cm³/mol. The van der Waals surface area contributed by atoms with Crippen molar-refractivity contribution in [3.63, 3.8) is 0 Å². The van der Waals surface area contributed by atoms with E-state index >= 15 is 0 Å². The fourth-order valence-corrected chi connectivity index (χ4v) is 6.25. The second-order valence-electron chi connectivity index (χ2n) is 9.29. The SMILES string of the molecule is CCCN1CC2(C(=O)OC)C(c3ccccn3)N(C)C(c3ccccn3)C(C(=O)OC)(C1)C2(O)O. The Balaban J connectivity index is 2.12. The Bertz CT molecular complexity index is 989. The molecule has 10 nitrogen and oxygen atoms in total. The fraction of sp³-hybridized carbons (Fsp3) is 0.520. The first kappa shape index (κ1) is 25.2. The second-order valence-corrected chi connectivity index (χ2v) is 9.29. The highest BCUT2D eigenvalue weighted by atomic mass is 16.6. The van der Waals surface area contributed by atoms with Gasteiger partial charge in [-0.25, -0.2) is 0 Å². The fourth-order valence-electron chi connectivity index (χ4n) is 6.25. The highest BCUT2D eigenvalue weighted by Gasteiger charge is 2.82. The summed E-state index contributed by atoms with van der Waals surface area (Å²) in [6.45, 7) is 2.38. The highest BCUT2D eigenvalue weighted by Crippen LogP contribution is 2.66. The zero-order valence-electron chi connectivity index (χ0n) is 20.4. The van der Waals surface area contributed by atoms with Crippen LogP contribution in [0.4, 0.5) is 0 Å². The standard InChI is InChI=1S/C25H32N4O6/c1-5-14-29-15-23(21(30)34-3)19(17-10-6-8-12-26-17)28(2)20(18-11-7-9-13-27-18)24(16-29,22(31)35-4)25(23,32)33/h6-13,19-20,32-33H,5,14-16H2,1-4H3. The number of nitrogens with zero attached hydrogens (tertiary/aromatic N) is 4. The molecule has 0 amide bonds. The van der Waals surface area contributed by atoms with Crippen molar-refractivity contribution in [3.05, 3.63) is 60.2 Å². The van der Waals surface area contributed by atoms with Gasteiger partial charge < -0.3 is 24.6 Å². The molecule has 2 aromatic heterocycles. The van der Waals surface area contributed by atoms with Crippen molar-refractivity contribution in [2.24, 2.45) is 10.8 Å². The van der Waals surface area contributed by atoms with E-state index < -0.39 is 40.6 Å². The van der Waals surface area contributed by atoms with E-state index in [-0.39, 0.29) is 13.1 Å². The summed E-state index contributed by atoms with van der Waals surface area (Å²) in [5.41, 5.74) is -3.11. The molecule has 0 aromatic carbocycles. The first-order valence-electron chi connectivity index (χ1n) is 11.6. The number of hydrogen-bond donors (Lipinski definition) is 2. The molecule has 2 aromatic rings. The number of carbonyl (C=O) groups is 2. The number of aromatic nitrogens is 2. The molecule has 2 aliphatic heterocycles. The number of rotatable bonds is 6. The average molecular weight is 485 g/mol. The molecule has 10 heteroatoms. The van der Waals surface area contributed by atoms with Gasteiger partial charge in [0, 0.05) is 25.5 Å². The number of hydrogen-bond acceptors (Lipinski definition) is 10. The number of carbonyl (C=O) groups excluding carboxylic acids is 2. The molecular weight excluding hydrogens is 452 g/mol. The van der Waals surface area contributed by atoms with Crippen molar-refractivity contribution in [2.75, 3.05) is 40.9 Å². The van der Waals surface area contributed by atoms with Gasteiger partial charge in [0.15, 0.2) is 10.8 Å². The molecule has 0 spiro atoms. The van der Waals surface area contributed by atoms with Crippen LogP contribution in [-0.2, 0) is 19.1 Å². The van der Waals surface area contributed by atoms with E-state index in [4.69, 9.17) is 9.47 Å². The van der Waals surface area contributed by atoms with Crippen molar-refractivity contribution in [1.82, 2.24) is 19.8 Å². The van der Waals surface area contributed by atoms with Crippen LogP contribution in [-0.4, -0.2) is 88.6 Å². The second kappa shape index (κ2) is 9.27. The lowest BCUT2D eigenvalue weighted by Gasteiger charge is -2.67. The van der Waals surface area contributed by atoms with E-state index in [0.29, 0.717) is 17.9 Å². The Kier molecular flexibility index (Phi) is 6.67. The van der Waals surface area contributed by atoms with Crippen LogP contribution >= 0.6 is 0 Å². The molecule has 0 aliphatic carbocycles. The Hall–Kier alpha value is -2.92. The Morgan fingerprint density at radius 1 is 0.943 bits per heavy atom. The molecule has 2 N–H and O–H groups in total. The number of fused-ring (bicyclic) bond motifs is 2. The van der Waals surface area contributed by atoms with Gasteiger partial charge in [-0.05, 0) is 44.3 Å². The van der Waals surface area contributed by atoms with Crippen LogP contribution in [0.15, 0.2) is 48.8 Å². The molecule has 0 radical (unpaired) electrons. The number of pyridine rings is 2. The van der Waals surface area contributed by atoms with Crippen LogP contribution < -0.4 is 0 Å². The predicted octanol–water partition coefficient (Wildman–Crippen LogP) is 0.930. The first-order chi connectivity index (χ1) is 16.7. The van der Waals surface area contributed by atoms with Gasteiger partial charge in [0.25, 0.3) is 0 Å². The summed E-state index contributed by atoms with van der Waals surface area (Å²) in [5.74, 6) is -4.57. The Morgan fingerprint density at radius 2 is 1.40 bits per heavy atom. The van der Waals surface area contributed by atoms with Crippen molar-refractivity contribution in [3.8, 4) is 0 Å². The van der Waals surface area contributed by atoms with Gasteiger partial charge in [-0.3, -0.25) is 24.5 Å². The third kappa shape index (κ3) is 3.39. The summed E-state index contributed by atoms with van der Waals surface area (Å²) in [6.07, 6.45) is 3.88. The van der Waals surface area contributed by atoms with Crippen LogP contribution in [0.25, 0.3) is 0 Å². The van der Waals surface area contributed by atoms with E-state index in [1.54, 1.807) is 60.7 Å². The average Bonchev–Trinajstić information content (AvgIpc) is 2.86. The summed E-state index contributed by atoms with van der Waals surface area (Å²) in [7, 11) is 4.14. The number of piperidine rings is 2. The molecule has 4 rings (SSSR count). The quantitative estimate of drug-likeness (QED) is 0.452. The third-order valence-corrected chi connectivity index (χ3v) is 7.51. The minimum Gasteiger partial charge on any atom is -0.468 e. The van der Waals surface area contributed by atoms with E-state index in [1.807, 2.05) is 11.8 Å². The summed E-state index contributed by atoms with van der Waals surface area (Å²) in [6, 6.07) is 8.53. The molecular formula is C25H32N4O6. The molecule has 4 heterocycles. The lowest BCUT2D eigenvalue weighted by atomic mass is 9.51. The largest absolute Gasteiger partial charge is 0.468 e. The summed E-state index contributed by atoms with van der Waals surface area (Å²) < 4.78 is 10.4. The van der Waals surface area contributed by atoms with Crippen LogP contribution in [0, 0.1) is 10.8 Å². The molecule has 2 bridgehead atoms. The Labute approximate surface area is 204 Å². The number of aliphatic hydroxyl groups is 2. The van der Waals surface area contributed by atoms with Gasteiger partial charge in [-0.1, -0.05) is 19.1 Å². The zero-order chi connectivity index (χ0) is 25.4. The van der Waals surface area contributed by atoms with Crippen molar-refractivity contribution in [1.29, 1.82) is 0 Å². The maximum absolute atomic E-state index is 13.7. The normalized spacial score (nSPS) is 30.5. The van der Waals surface area contributed by atoms with E-state index in [9.17, 15) is 19.8 Å². The zero-order valence-corrected chi connectivity index (χ0v) is 20.4. The summed E-state index contributed by atoms with van der Waals surface area (Å²) in [4.78, 5) is 40.1. The van der Waals surface area contributed by atoms with Gasteiger partial charge in [0.05, 0.1) is 37.7 Å². The van der Waals surface area contributed by atoms with Crippen molar-refractivity contribution >= 4 is 11.9 Å². The first-order valence-corrected chi connectivity index (χ1v) is 11.6. The number of esters is 2.